The average Bonchev–Trinajstić information content (AvgIpc) is 2.89. The maximum atomic E-state index is 11.1. The van der Waals surface area contributed by atoms with Gasteiger partial charge in [-0.2, -0.15) is 0 Å². The molecule has 2 aliphatic rings. The summed E-state index contributed by atoms with van der Waals surface area (Å²) >= 11 is 0. The van der Waals surface area contributed by atoms with Gasteiger partial charge in [-0.15, -0.1) is 0 Å². The molecule has 0 bridgehead atoms. The van der Waals surface area contributed by atoms with E-state index >= 15 is 0 Å². The zero-order valence-electron chi connectivity index (χ0n) is 9.30. The summed E-state index contributed by atoms with van der Waals surface area (Å²) in [5, 5.41) is 9.92. The first-order chi connectivity index (χ1) is 8.26. The van der Waals surface area contributed by atoms with Crippen LogP contribution in [0, 0.1) is 0 Å². The maximum absolute atomic E-state index is 11.1. The Morgan fingerprint density at radius 1 is 1.59 bits per heavy atom. The molecule has 1 fully saturated rings. The molecule has 5 heteroatoms. The summed E-state index contributed by atoms with van der Waals surface area (Å²) in [7, 11) is 1.43. The number of carbonyl (C=O) groups is 1. The topological polar surface area (TPSA) is 65.0 Å². The molecule has 1 saturated heterocycles. The fourth-order valence-electron chi connectivity index (χ4n) is 2.50. The van der Waals surface area contributed by atoms with E-state index in [1.807, 2.05) is 0 Å². The molecule has 90 valence electrons. The maximum Gasteiger partial charge on any atom is 0.207 e. The number of hydrogen-bond donors (Lipinski definition) is 1. The van der Waals surface area contributed by atoms with Crippen molar-refractivity contribution in [1.29, 1.82) is 0 Å². The molecule has 0 unspecified atom stereocenters. The molecule has 5 nitrogen and oxygen atoms in total. The molecule has 2 heterocycles. The van der Waals surface area contributed by atoms with Crippen LogP contribution in [0.3, 0.4) is 0 Å². The highest BCUT2D eigenvalue weighted by Crippen LogP contribution is 2.50. The van der Waals surface area contributed by atoms with E-state index in [1.54, 1.807) is 6.07 Å². The van der Waals surface area contributed by atoms with Gasteiger partial charge in [-0.25, -0.2) is 0 Å². The Morgan fingerprint density at radius 2 is 2.41 bits per heavy atom. The number of carbonyl (C=O) groups excluding carboxylic acids is 1. The fourth-order valence-corrected chi connectivity index (χ4v) is 2.50. The molecule has 0 radical (unpaired) electrons. The van der Waals surface area contributed by atoms with Gasteiger partial charge in [0, 0.05) is 11.6 Å². The number of phenolic OH excluding ortho intramolecular Hbond substituents is 1. The van der Waals surface area contributed by atoms with Crippen molar-refractivity contribution in [3.05, 3.63) is 17.2 Å². The lowest BCUT2D eigenvalue weighted by Crippen LogP contribution is -2.14. The quantitative estimate of drug-likeness (QED) is 0.787. The van der Waals surface area contributed by atoms with Crippen LogP contribution in [0.15, 0.2) is 6.07 Å². The van der Waals surface area contributed by atoms with E-state index in [0.29, 0.717) is 18.6 Å². The van der Waals surface area contributed by atoms with Gasteiger partial charge in [0.1, 0.15) is 5.75 Å². The minimum absolute atomic E-state index is 0.0296. The van der Waals surface area contributed by atoms with Crippen molar-refractivity contribution in [2.75, 3.05) is 13.7 Å². The third kappa shape index (κ3) is 1.32. The molecule has 17 heavy (non-hydrogen) atoms. The fraction of sp³-hybridized carbons (Fsp3) is 0.417. The van der Waals surface area contributed by atoms with E-state index in [4.69, 9.17) is 14.2 Å². The Bertz CT molecular complexity index is 482. The van der Waals surface area contributed by atoms with Gasteiger partial charge < -0.3 is 19.3 Å². The van der Waals surface area contributed by atoms with Crippen LogP contribution in [0.4, 0.5) is 0 Å². The third-order valence-electron chi connectivity index (χ3n) is 3.30. The van der Waals surface area contributed by atoms with Crippen LogP contribution in [-0.4, -0.2) is 31.4 Å². The van der Waals surface area contributed by atoms with Crippen LogP contribution in [0.2, 0.25) is 0 Å². The number of hydrogen-bond acceptors (Lipinski definition) is 5. The van der Waals surface area contributed by atoms with Crippen molar-refractivity contribution in [1.82, 2.24) is 0 Å². The Balaban J connectivity index is 2.20. The molecule has 0 aromatic heterocycles. The van der Waals surface area contributed by atoms with Crippen LogP contribution in [-0.2, 0) is 4.74 Å². The van der Waals surface area contributed by atoms with Crippen LogP contribution in [0.25, 0.3) is 0 Å². The van der Waals surface area contributed by atoms with Gasteiger partial charge in [-0.3, -0.25) is 4.79 Å². The van der Waals surface area contributed by atoms with Crippen LogP contribution >= 0.6 is 0 Å². The van der Waals surface area contributed by atoms with Crippen molar-refractivity contribution < 1.29 is 24.1 Å². The molecule has 0 spiro atoms. The summed E-state index contributed by atoms with van der Waals surface area (Å²) in [5.74, 6) is 0.710. The first-order valence-electron chi connectivity index (χ1n) is 5.43. The van der Waals surface area contributed by atoms with E-state index in [0.717, 1.165) is 12.0 Å². The van der Waals surface area contributed by atoms with E-state index < -0.39 is 0 Å². The number of ether oxygens (including phenoxy) is 3. The molecule has 0 aliphatic carbocycles. The lowest BCUT2D eigenvalue weighted by atomic mass is 9.93. The summed E-state index contributed by atoms with van der Waals surface area (Å²) in [6, 6.07) is 1.60. The Labute approximate surface area is 97.9 Å². The van der Waals surface area contributed by atoms with E-state index in [9.17, 15) is 9.90 Å². The first kappa shape index (κ1) is 10.4. The van der Waals surface area contributed by atoms with Crippen LogP contribution < -0.4 is 9.47 Å². The molecular weight excluding hydrogens is 224 g/mol. The molecule has 2 atom stereocenters. The number of fused-ring (bicyclic) bond motifs is 3. The van der Waals surface area contributed by atoms with Crippen molar-refractivity contribution in [3.8, 4) is 17.2 Å². The predicted octanol–water partition coefficient (Wildman–Crippen LogP) is 1.44. The molecular formula is C12H12O5. The van der Waals surface area contributed by atoms with Crippen molar-refractivity contribution in [2.45, 2.75) is 18.6 Å². The second kappa shape index (κ2) is 3.63. The number of aldehydes is 1. The summed E-state index contributed by atoms with van der Waals surface area (Å²) < 4.78 is 16.0. The molecule has 1 aromatic rings. The third-order valence-corrected chi connectivity index (χ3v) is 3.30. The Hall–Kier alpha value is -1.75. The molecule has 0 amide bonds. The normalized spacial score (nSPS) is 25.0. The Kier molecular flexibility index (Phi) is 2.22. The van der Waals surface area contributed by atoms with Crippen molar-refractivity contribution in [2.24, 2.45) is 0 Å². The van der Waals surface area contributed by atoms with Gasteiger partial charge in [0.2, 0.25) is 6.29 Å². The molecule has 3 rings (SSSR count). The number of phenols is 1. The molecule has 2 aliphatic heterocycles. The second-order valence-corrected chi connectivity index (χ2v) is 4.12. The highest BCUT2D eigenvalue weighted by atomic mass is 16.7. The van der Waals surface area contributed by atoms with Gasteiger partial charge in [0.25, 0.3) is 0 Å². The van der Waals surface area contributed by atoms with Gasteiger partial charge in [0.15, 0.2) is 17.8 Å². The zero-order chi connectivity index (χ0) is 12.0. The summed E-state index contributed by atoms with van der Waals surface area (Å²) in [6.07, 6.45) is 1.10. The van der Waals surface area contributed by atoms with Gasteiger partial charge >= 0.3 is 0 Å². The highest BCUT2D eigenvalue weighted by molar-refractivity contribution is 5.86. The second-order valence-electron chi connectivity index (χ2n) is 4.12. The highest BCUT2D eigenvalue weighted by Gasteiger charge is 2.42. The number of benzene rings is 1. The molecule has 0 saturated carbocycles. The SMILES string of the molecule is COc1cc2c(c(C=O)c1O)[C@H]1CCO[C@H]1O2. The summed E-state index contributed by atoms with van der Waals surface area (Å²) in [4.78, 5) is 11.1. The van der Waals surface area contributed by atoms with E-state index in [2.05, 4.69) is 0 Å². The monoisotopic (exact) mass is 236 g/mol. The predicted molar refractivity (Wildman–Crippen MR) is 57.8 cm³/mol. The lowest BCUT2D eigenvalue weighted by molar-refractivity contribution is -0.0337. The van der Waals surface area contributed by atoms with Crippen LogP contribution in [0.5, 0.6) is 17.2 Å². The largest absolute Gasteiger partial charge is 0.504 e. The van der Waals surface area contributed by atoms with Crippen molar-refractivity contribution >= 4 is 6.29 Å². The van der Waals surface area contributed by atoms with E-state index in [1.165, 1.54) is 7.11 Å². The van der Waals surface area contributed by atoms with Crippen LogP contribution in [0.1, 0.15) is 28.3 Å². The molecule has 1 aromatic carbocycles. The summed E-state index contributed by atoms with van der Waals surface area (Å²) in [6.45, 7) is 0.611. The minimum Gasteiger partial charge on any atom is -0.504 e. The van der Waals surface area contributed by atoms with Crippen molar-refractivity contribution in [3.63, 3.8) is 0 Å². The Morgan fingerprint density at radius 3 is 3.12 bits per heavy atom. The number of aromatic hydroxyl groups is 1. The summed E-state index contributed by atoms with van der Waals surface area (Å²) in [5.41, 5.74) is 0.984. The smallest absolute Gasteiger partial charge is 0.207 e. The average molecular weight is 236 g/mol. The number of rotatable bonds is 2. The van der Waals surface area contributed by atoms with E-state index in [-0.39, 0.29) is 29.3 Å². The van der Waals surface area contributed by atoms with Gasteiger partial charge in [0.05, 0.1) is 25.2 Å². The molecule has 1 N–H and O–H groups in total. The van der Waals surface area contributed by atoms with Gasteiger partial charge in [-0.05, 0) is 6.42 Å². The van der Waals surface area contributed by atoms with Gasteiger partial charge in [-0.1, -0.05) is 0 Å². The standard InChI is InChI=1S/C12H12O5/c1-15-9-4-8-10(7(5-13)11(9)14)6-2-3-16-12(6)17-8/h4-6,12,14H,2-3H2,1H3/t6-,12+/m1/s1. The zero-order valence-corrected chi connectivity index (χ0v) is 9.30. The lowest BCUT2D eigenvalue weighted by Gasteiger charge is -2.11. The minimum atomic E-state index is -0.338. The number of methoxy groups -OCH3 is 1. The first-order valence-corrected chi connectivity index (χ1v) is 5.43.